The molecule has 1 aromatic carbocycles. The second-order valence-corrected chi connectivity index (χ2v) is 3.50. The van der Waals surface area contributed by atoms with Crippen LogP contribution in [0.1, 0.15) is 5.56 Å². The Bertz CT molecular complexity index is 470. The lowest BCUT2D eigenvalue weighted by Gasteiger charge is -2.07. The molecule has 102 valence electrons. The van der Waals surface area contributed by atoms with Crippen molar-refractivity contribution in [3.05, 3.63) is 33.9 Å². The predicted molar refractivity (Wildman–Crippen MR) is 66.0 cm³/mol. The van der Waals surface area contributed by atoms with Crippen molar-refractivity contribution in [1.82, 2.24) is 0 Å². The molecule has 0 aliphatic rings. The highest BCUT2D eigenvalue weighted by molar-refractivity contribution is 5.52. The van der Waals surface area contributed by atoms with Crippen LogP contribution in [-0.4, -0.2) is 38.5 Å². The minimum Gasteiger partial charge on any atom is -0.491 e. The predicted octanol–water partition coefficient (Wildman–Crippen LogP) is 1.51. The standard InChI is InChI=1S/C12H14N2O5/c1-17-4-5-18-6-7-19-11-2-3-12(14(15)16)10(8-11)9-13/h2-3,8H,4-7H2,1H3. The van der Waals surface area contributed by atoms with E-state index in [0.29, 0.717) is 32.2 Å². The molecule has 0 aliphatic carbocycles. The van der Waals surface area contributed by atoms with Gasteiger partial charge in [0.25, 0.3) is 5.69 Å². The van der Waals surface area contributed by atoms with Gasteiger partial charge in [-0.25, -0.2) is 0 Å². The Balaban J connectivity index is 2.47. The Labute approximate surface area is 110 Å². The fraction of sp³-hybridized carbons (Fsp3) is 0.417. The number of hydrogen-bond donors (Lipinski definition) is 0. The second kappa shape index (κ2) is 8.02. The zero-order chi connectivity index (χ0) is 14.1. The van der Waals surface area contributed by atoms with Crippen molar-refractivity contribution in [3.8, 4) is 11.8 Å². The van der Waals surface area contributed by atoms with E-state index in [2.05, 4.69) is 0 Å². The smallest absolute Gasteiger partial charge is 0.287 e. The van der Waals surface area contributed by atoms with E-state index in [1.165, 1.54) is 18.2 Å². The summed E-state index contributed by atoms with van der Waals surface area (Å²) in [7, 11) is 1.58. The van der Waals surface area contributed by atoms with E-state index in [-0.39, 0.29) is 11.3 Å². The molecule has 0 heterocycles. The SMILES string of the molecule is COCCOCCOc1ccc([N+](=O)[O-])c(C#N)c1. The normalized spacial score (nSPS) is 9.89. The van der Waals surface area contributed by atoms with Crippen LogP contribution in [0.2, 0.25) is 0 Å². The average molecular weight is 266 g/mol. The molecule has 7 heteroatoms. The molecule has 0 fully saturated rings. The topological polar surface area (TPSA) is 94.6 Å². The Hall–Kier alpha value is -2.17. The lowest BCUT2D eigenvalue weighted by atomic mass is 10.2. The lowest BCUT2D eigenvalue weighted by Crippen LogP contribution is -2.10. The zero-order valence-electron chi connectivity index (χ0n) is 10.5. The molecular weight excluding hydrogens is 252 g/mol. The molecule has 0 atom stereocenters. The quantitative estimate of drug-likeness (QED) is 0.402. The Morgan fingerprint density at radius 1 is 1.32 bits per heavy atom. The summed E-state index contributed by atoms with van der Waals surface area (Å²) in [5.41, 5.74) is -0.256. The first-order valence-electron chi connectivity index (χ1n) is 5.57. The molecule has 0 aromatic heterocycles. The van der Waals surface area contributed by atoms with Crippen LogP contribution in [0.3, 0.4) is 0 Å². The van der Waals surface area contributed by atoms with Crippen molar-refractivity contribution in [2.24, 2.45) is 0 Å². The molecule has 0 saturated heterocycles. The van der Waals surface area contributed by atoms with E-state index in [4.69, 9.17) is 19.5 Å². The van der Waals surface area contributed by atoms with E-state index in [1.807, 2.05) is 0 Å². The third kappa shape index (κ3) is 4.91. The van der Waals surface area contributed by atoms with Crippen LogP contribution in [0.5, 0.6) is 5.75 Å². The fourth-order valence-corrected chi connectivity index (χ4v) is 1.32. The van der Waals surface area contributed by atoms with Gasteiger partial charge in [0.15, 0.2) is 0 Å². The molecule has 0 unspecified atom stereocenters. The van der Waals surface area contributed by atoms with Crippen LogP contribution in [0, 0.1) is 21.4 Å². The maximum absolute atomic E-state index is 10.6. The van der Waals surface area contributed by atoms with Gasteiger partial charge in [-0.3, -0.25) is 10.1 Å². The van der Waals surface area contributed by atoms with Gasteiger partial charge in [-0.15, -0.1) is 0 Å². The summed E-state index contributed by atoms with van der Waals surface area (Å²) in [4.78, 5) is 10.0. The Morgan fingerprint density at radius 2 is 2.05 bits per heavy atom. The summed E-state index contributed by atoms with van der Waals surface area (Å²) in [5.74, 6) is 0.400. The van der Waals surface area contributed by atoms with Crippen molar-refractivity contribution in [2.75, 3.05) is 33.5 Å². The second-order valence-electron chi connectivity index (χ2n) is 3.50. The summed E-state index contributed by atoms with van der Waals surface area (Å²) < 4.78 is 15.3. The number of nitro groups is 1. The average Bonchev–Trinajstić information content (AvgIpc) is 2.42. The van der Waals surface area contributed by atoms with Crippen molar-refractivity contribution >= 4 is 5.69 Å². The molecule has 0 saturated carbocycles. The maximum Gasteiger partial charge on any atom is 0.287 e. The van der Waals surface area contributed by atoms with Crippen LogP contribution in [0.25, 0.3) is 0 Å². The maximum atomic E-state index is 10.6. The van der Waals surface area contributed by atoms with Crippen molar-refractivity contribution in [2.45, 2.75) is 0 Å². The molecule has 1 rings (SSSR count). The lowest BCUT2D eigenvalue weighted by molar-refractivity contribution is -0.385. The van der Waals surface area contributed by atoms with E-state index in [1.54, 1.807) is 13.2 Å². The van der Waals surface area contributed by atoms with Gasteiger partial charge < -0.3 is 14.2 Å². The summed E-state index contributed by atoms with van der Waals surface area (Å²) in [6.07, 6.45) is 0. The van der Waals surface area contributed by atoms with Crippen LogP contribution >= 0.6 is 0 Å². The number of benzene rings is 1. The molecule has 7 nitrogen and oxygen atoms in total. The molecule has 0 N–H and O–H groups in total. The van der Waals surface area contributed by atoms with Gasteiger partial charge in [0.2, 0.25) is 0 Å². The van der Waals surface area contributed by atoms with Crippen molar-refractivity contribution in [3.63, 3.8) is 0 Å². The third-order valence-corrected chi connectivity index (χ3v) is 2.21. The Kier molecular flexibility index (Phi) is 6.29. The summed E-state index contributed by atoms with van der Waals surface area (Å²) >= 11 is 0. The van der Waals surface area contributed by atoms with Gasteiger partial charge >= 0.3 is 0 Å². The molecule has 0 amide bonds. The van der Waals surface area contributed by atoms with E-state index in [0.717, 1.165) is 0 Å². The Morgan fingerprint density at radius 3 is 2.68 bits per heavy atom. The summed E-state index contributed by atoms with van der Waals surface area (Å²) in [6, 6.07) is 5.81. The van der Waals surface area contributed by atoms with Crippen molar-refractivity contribution in [1.29, 1.82) is 5.26 Å². The summed E-state index contributed by atoms with van der Waals surface area (Å²) in [5, 5.41) is 19.4. The summed E-state index contributed by atoms with van der Waals surface area (Å²) in [6.45, 7) is 1.66. The highest BCUT2D eigenvalue weighted by atomic mass is 16.6. The first-order chi connectivity index (χ1) is 9.19. The highest BCUT2D eigenvalue weighted by Gasteiger charge is 2.13. The van der Waals surface area contributed by atoms with Gasteiger partial charge in [0.05, 0.1) is 24.7 Å². The van der Waals surface area contributed by atoms with Gasteiger partial charge in [-0.1, -0.05) is 0 Å². The van der Waals surface area contributed by atoms with Crippen LogP contribution < -0.4 is 4.74 Å². The molecule has 0 aliphatic heterocycles. The number of nitro benzene ring substituents is 1. The molecule has 0 spiro atoms. The zero-order valence-corrected chi connectivity index (χ0v) is 10.5. The number of nitriles is 1. The van der Waals surface area contributed by atoms with Crippen LogP contribution in [0.15, 0.2) is 18.2 Å². The largest absolute Gasteiger partial charge is 0.491 e. The van der Waals surface area contributed by atoms with Crippen LogP contribution in [-0.2, 0) is 9.47 Å². The number of methoxy groups -OCH3 is 1. The first-order valence-corrected chi connectivity index (χ1v) is 5.57. The van der Waals surface area contributed by atoms with Gasteiger partial charge in [0.1, 0.15) is 24.0 Å². The minimum atomic E-state index is -0.601. The molecule has 0 bridgehead atoms. The number of ether oxygens (including phenoxy) is 3. The molecule has 0 radical (unpaired) electrons. The van der Waals surface area contributed by atoms with Gasteiger partial charge in [0, 0.05) is 19.2 Å². The third-order valence-electron chi connectivity index (χ3n) is 2.21. The molecule has 19 heavy (non-hydrogen) atoms. The van der Waals surface area contributed by atoms with E-state index < -0.39 is 4.92 Å². The number of nitrogens with zero attached hydrogens (tertiary/aromatic N) is 2. The monoisotopic (exact) mass is 266 g/mol. The van der Waals surface area contributed by atoms with E-state index >= 15 is 0 Å². The fourth-order valence-electron chi connectivity index (χ4n) is 1.32. The van der Waals surface area contributed by atoms with E-state index in [9.17, 15) is 10.1 Å². The highest BCUT2D eigenvalue weighted by Crippen LogP contribution is 2.23. The van der Waals surface area contributed by atoms with Gasteiger partial charge in [-0.05, 0) is 6.07 Å². The molecular formula is C12H14N2O5. The van der Waals surface area contributed by atoms with Crippen LogP contribution in [0.4, 0.5) is 5.69 Å². The number of hydrogen-bond acceptors (Lipinski definition) is 6. The minimum absolute atomic E-state index is 0.0252. The first kappa shape index (κ1) is 14.9. The van der Waals surface area contributed by atoms with Crippen molar-refractivity contribution < 1.29 is 19.1 Å². The van der Waals surface area contributed by atoms with Gasteiger partial charge in [-0.2, -0.15) is 5.26 Å². The number of rotatable bonds is 8. The molecule has 1 aromatic rings.